The van der Waals surface area contributed by atoms with Gasteiger partial charge in [-0.05, 0) is 24.3 Å². The molecule has 3 N–H and O–H groups in total. The molecule has 0 atom stereocenters. The molecule has 0 saturated heterocycles. The highest BCUT2D eigenvalue weighted by Crippen LogP contribution is 2.16. The number of aliphatic imine (C=N–C) groups is 1. The number of nitrogens with one attached hydrogen (secondary N) is 1. The number of anilines is 1. The number of aromatic nitrogens is 1. The molecule has 2 aromatic rings. The molecule has 0 unspecified atom stereocenters. The van der Waals surface area contributed by atoms with E-state index >= 15 is 0 Å². The zero-order valence-electron chi connectivity index (χ0n) is 11.4. The molecular formula is C15H18N4O. The number of nitrogens with two attached hydrogens (primary N) is 1. The van der Waals surface area contributed by atoms with Crippen LogP contribution in [0.15, 0.2) is 53.7 Å². The molecule has 0 aliphatic rings. The van der Waals surface area contributed by atoms with Gasteiger partial charge in [-0.25, -0.2) is 0 Å². The Morgan fingerprint density at radius 3 is 2.95 bits per heavy atom. The molecule has 5 heteroatoms. The fraction of sp³-hybridized carbons (Fsp3) is 0.200. The fourth-order valence-electron chi connectivity index (χ4n) is 1.73. The highest BCUT2D eigenvalue weighted by atomic mass is 16.5. The van der Waals surface area contributed by atoms with Crippen LogP contribution in [0.2, 0.25) is 0 Å². The van der Waals surface area contributed by atoms with Crippen LogP contribution < -0.4 is 15.8 Å². The van der Waals surface area contributed by atoms with Crippen molar-refractivity contribution in [3.63, 3.8) is 0 Å². The monoisotopic (exact) mass is 270 g/mol. The fourth-order valence-corrected chi connectivity index (χ4v) is 1.73. The average molecular weight is 270 g/mol. The number of ether oxygens (including phenoxy) is 1. The molecule has 2 rings (SSSR count). The first-order chi connectivity index (χ1) is 9.78. The minimum atomic E-state index is 0.384. The Hall–Kier alpha value is -2.56. The van der Waals surface area contributed by atoms with Gasteiger partial charge in [-0.15, -0.1) is 0 Å². The Morgan fingerprint density at radius 1 is 1.30 bits per heavy atom. The summed E-state index contributed by atoms with van der Waals surface area (Å²) < 4.78 is 5.15. The number of guanidine groups is 1. The maximum atomic E-state index is 5.84. The van der Waals surface area contributed by atoms with Gasteiger partial charge in [-0.2, -0.15) is 0 Å². The molecule has 5 nitrogen and oxygen atoms in total. The van der Waals surface area contributed by atoms with E-state index in [9.17, 15) is 0 Å². The van der Waals surface area contributed by atoms with E-state index < -0.39 is 0 Å². The minimum Gasteiger partial charge on any atom is -0.497 e. The Balaban J connectivity index is 1.87. The molecule has 0 bridgehead atoms. The third-order valence-corrected chi connectivity index (χ3v) is 2.72. The second kappa shape index (κ2) is 7.13. The summed E-state index contributed by atoms with van der Waals surface area (Å²) in [6.45, 7) is 0.597. The third kappa shape index (κ3) is 4.28. The summed E-state index contributed by atoms with van der Waals surface area (Å²) >= 11 is 0. The Labute approximate surface area is 118 Å². The summed E-state index contributed by atoms with van der Waals surface area (Å²) in [5.41, 5.74) is 7.69. The summed E-state index contributed by atoms with van der Waals surface area (Å²) in [4.78, 5) is 8.51. The van der Waals surface area contributed by atoms with Crippen molar-refractivity contribution in [2.75, 3.05) is 19.0 Å². The van der Waals surface area contributed by atoms with Gasteiger partial charge in [-0.3, -0.25) is 9.98 Å². The normalized spacial score (nSPS) is 11.2. The van der Waals surface area contributed by atoms with E-state index in [0.717, 1.165) is 23.6 Å². The molecule has 0 aliphatic heterocycles. The maximum Gasteiger partial charge on any atom is 0.193 e. The van der Waals surface area contributed by atoms with Crippen molar-refractivity contribution in [1.82, 2.24) is 4.98 Å². The number of benzene rings is 1. The predicted octanol–water partition coefficient (Wildman–Crippen LogP) is 2.06. The molecule has 0 radical (unpaired) electrons. The van der Waals surface area contributed by atoms with Gasteiger partial charge < -0.3 is 15.8 Å². The lowest BCUT2D eigenvalue weighted by Crippen LogP contribution is -2.23. The first-order valence-corrected chi connectivity index (χ1v) is 6.39. The van der Waals surface area contributed by atoms with E-state index in [1.807, 2.05) is 42.5 Å². The third-order valence-electron chi connectivity index (χ3n) is 2.72. The van der Waals surface area contributed by atoms with E-state index in [2.05, 4.69) is 15.3 Å². The zero-order chi connectivity index (χ0) is 14.2. The molecule has 0 saturated carbocycles. The van der Waals surface area contributed by atoms with Crippen molar-refractivity contribution in [3.05, 3.63) is 54.4 Å². The van der Waals surface area contributed by atoms with Crippen molar-refractivity contribution in [1.29, 1.82) is 0 Å². The lowest BCUT2D eigenvalue weighted by Gasteiger charge is -2.07. The summed E-state index contributed by atoms with van der Waals surface area (Å²) in [7, 11) is 1.63. The lowest BCUT2D eigenvalue weighted by molar-refractivity contribution is 0.415. The molecule has 1 aromatic carbocycles. The van der Waals surface area contributed by atoms with Crippen LogP contribution >= 0.6 is 0 Å². The molecule has 104 valence electrons. The number of hydrogen-bond donors (Lipinski definition) is 2. The van der Waals surface area contributed by atoms with Crippen LogP contribution in [0, 0.1) is 0 Å². The summed E-state index contributed by atoms with van der Waals surface area (Å²) in [5, 5.41) is 3.03. The summed E-state index contributed by atoms with van der Waals surface area (Å²) in [6, 6.07) is 13.4. The van der Waals surface area contributed by atoms with Gasteiger partial charge in [0.05, 0.1) is 7.11 Å². The van der Waals surface area contributed by atoms with E-state index in [-0.39, 0.29) is 0 Å². The molecular weight excluding hydrogens is 252 g/mol. The lowest BCUT2D eigenvalue weighted by atomic mass is 10.3. The molecule has 1 aromatic heterocycles. The first kappa shape index (κ1) is 13.9. The SMILES string of the molecule is COc1cccc(NC(N)=NCCc2ccccn2)c1. The van der Waals surface area contributed by atoms with Crippen molar-refractivity contribution in [2.45, 2.75) is 6.42 Å². The van der Waals surface area contributed by atoms with E-state index in [4.69, 9.17) is 10.5 Å². The first-order valence-electron chi connectivity index (χ1n) is 6.39. The standard InChI is InChI=1S/C15H18N4O/c1-20-14-7-4-6-13(11-14)19-15(16)18-10-8-12-5-2-3-9-17-12/h2-7,9,11H,8,10H2,1H3,(H3,16,18,19). The van der Waals surface area contributed by atoms with Gasteiger partial charge in [0.25, 0.3) is 0 Å². The molecule has 0 aliphatic carbocycles. The van der Waals surface area contributed by atoms with E-state index in [1.54, 1.807) is 13.3 Å². The van der Waals surface area contributed by atoms with Gasteiger partial charge >= 0.3 is 0 Å². The second-order valence-electron chi connectivity index (χ2n) is 4.19. The van der Waals surface area contributed by atoms with Gasteiger partial charge in [-0.1, -0.05) is 12.1 Å². The van der Waals surface area contributed by atoms with Gasteiger partial charge in [0.1, 0.15) is 5.75 Å². The summed E-state index contributed by atoms with van der Waals surface area (Å²) in [6.07, 6.45) is 2.54. The van der Waals surface area contributed by atoms with Gasteiger partial charge in [0.15, 0.2) is 5.96 Å². The molecule has 0 spiro atoms. The smallest absolute Gasteiger partial charge is 0.193 e. The molecule has 0 amide bonds. The maximum absolute atomic E-state index is 5.84. The number of pyridine rings is 1. The topological polar surface area (TPSA) is 72.5 Å². The van der Waals surface area contributed by atoms with Crippen LogP contribution in [0.4, 0.5) is 5.69 Å². The van der Waals surface area contributed by atoms with E-state index in [1.165, 1.54) is 0 Å². The minimum absolute atomic E-state index is 0.384. The van der Waals surface area contributed by atoms with Crippen LogP contribution in [0.3, 0.4) is 0 Å². The van der Waals surface area contributed by atoms with Crippen molar-refractivity contribution in [3.8, 4) is 5.75 Å². The van der Waals surface area contributed by atoms with Crippen LogP contribution in [-0.4, -0.2) is 24.6 Å². The quantitative estimate of drug-likeness (QED) is 0.644. The number of nitrogens with zero attached hydrogens (tertiary/aromatic N) is 2. The number of hydrogen-bond acceptors (Lipinski definition) is 3. The van der Waals surface area contributed by atoms with Crippen molar-refractivity contribution in [2.24, 2.45) is 10.7 Å². The Kier molecular flexibility index (Phi) is 4.94. The molecule has 20 heavy (non-hydrogen) atoms. The number of rotatable bonds is 5. The van der Waals surface area contributed by atoms with Crippen LogP contribution in [0.25, 0.3) is 0 Å². The average Bonchev–Trinajstić information content (AvgIpc) is 2.48. The Bertz CT molecular complexity index is 569. The molecule has 0 fully saturated rings. The van der Waals surface area contributed by atoms with Gasteiger partial charge in [0.2, 0.25) is 0 Å². The largest absolute Gasteiger partial charge is 0.497 e. The summed E-state index contributed by atoms with van der Waals surface area (Å²) in [5.74, 6) is 1.16. The highest BCUT2D eigenvalue weighted by molar-refractivity contribution is 5.92. The van der Waals surface area contributed by atoms with Crippen molar-refractivity contribution >= 4 is 11.6 Å². The van der Waals surface area contributed by atoms with E-state index in [0.29, 0.717) is 12.5 Å². The van der Waals surface area contributed by atoms with Crippen LogP contribution in [-0.2, 0) is 6.42 Å². The number of methoxy groups -OCH3 is 1. The van der Waals surface area contributed by atoms with Gasteiger partial charge in [0, 0.05) is 36.6 Å². The molecule has 1 heterocycles. The Morgan fingerprint density at radius 2 is 2.20 bits per heavy atom. The van der Waals surface area contributed by atoms with Crippen LogP contribution in [0.1, 0.15) is 5.69 Å². The highest BCUT2D eigenvalue weighted by Gasteiger charge is 1.97. The van der Waals surface area contributed by atoms with Crippen molar-refractivity contribution < 1.29 is 4.74 Å². The zero-order valence-corrected chi connectivity index (χ0v) is 11.4. The second-order valence-corrected chi connectivity index (χ2v) is 4.19. The predicted molar refractivity (Wildman–Crippen MR) is 81.0 cm³/mol. The van der Waals surface area contributed by atoms with Crippen LogP contribution in [0.5, 0.6) is 5.75 Å².